The van der Waals surface area contributed by atoms with Crippen LogP contribution in [0.5, 0.6) is 0 Å². The van der Waals surface area contributed by atoms with Crippen molar-refractivity contribution in [3.8, 4) is 0 Å². The Morgan fingerprint density at radius 2 is 1.74 bits per heavy atom. The van der Waals surface area contributed by atoms with Crippen molar-refractivity contribution in [2.75, 3.05) is 0 Å². The van der Waals surface area contributed by atoms with Crippen LogP contribution in [0.1, 0.15) is 110 Å². The molecule has 0 unspecified atom stereocenters. The third-order valence-electron chi connectivity index (χ3n) is 14.5. The second kappa shape index (κ2) is 9.65. The molecule has 0 aliphatic heterocycles. The Labute approximate surface area is 257 Å². The number of nitrogens with one attached hydrogen (secondary N) is 3. The number of fused-ring (bicyclic) bond motifs is 8. The number of H-pyrrole nitrogens is 1. The van der Waals surface area contributed by atoms with E-state index in [1.54, 1.807) is 18.5 Å². The van der Waals surface area contributed by atoms with Crippen LogP contribution in [-0.4, -0.2) is 31.7 Å². The van der Waals surface area contributed by atoms with Crippen LogP contribution in [0.25, 0.3) is 0 Å². The van der Waals surface area contributed by atoms with Crippen LogP contribution in [0, 0.1) is 45.8 Å². The van der Waals surface area contributed by atoms with Crippen molar-refractivity contribution in [2.45, 2.75) is 117 Å². The molecule has 232 valence electrons. The molecule has 0 spiro atoms. The summed E-state index contributed by atoms with van der Waals surface area (Å²) in [5.74, 6) is 3.43. The minimum absolute atomic E-state index is 0.0864. The summed E-state index contributed by atoms with van der Waals surface area (Å²) in [4.78, 5) is 22.0. The van der Waals surface area contributed by atoms with Gasteiger partial charge in [0.15, 0.2) is 0 Å². The number of allylic oxidation sites excluding steroid dienone is 1. The van der Waals surface area contributed by atoms with Gasteiger partial charge in [0.05, 0.1) is 12.7 Å². The smallest absolute Gasteiger partial charge is 0.315 e. The van der Waals surface area contributed by atoms with Gasteiger partial charge in [-0.25, -0.2) is 14.8 Å². The van der Waals surface area contributed by atoms with E-state index in [0.717, 1.165) is 25.7 Å². The van der Waals surface area contributed by atoms with Crippen molar-refractivity contribution in [3.05, 3.63) is 53.9 Å². The average Bonchev–Trinajstić information content (AvgIpc) is 3.58. The van der Waals surface area contributed by atoms with Gasteiger partial charge in [0.25, 0.3) is 0 Å². The van der Waals surface area contributed by atoms with Crippen molar-refractivity contribution >= 4 is 6.03 Å². The van der Waals surface area contributed by atoms with Crippen molar-refractivity contribution in [3.63, 3.8) is 0 Å². The van der Waals surface area contributed by atoms with Gasteiger partial charge in [-0.15, -0.1) is 0 Å². The highest BCUT2D eigenvalue weighted by Gasteiger charge is 2.71. The number of hydrogen-bond donors (Lipinski definition) is 3. The summed E-state index contributed by atoms with van der Waals surface area (Å²) in [5.41, 5.74) is 4.79. The zero-order valence-electron chi connectivity index (χ0n) is 27.2. The molecule has 2 aromatic rings. The molecule has 0 radical (unpaired) electrons. The molecule has 2 amide bonds. The van der Waals surface area contributed by atoms with E-state index in [0.29, 0.717) is 42.0 Å². The van der Waals surface area contributed by atoms with E-state index in [4.69, 9.17) is 0 Å². The van der Waals surface area contributed by atoms with Crippen LogP contribution >= 0.6 is 0 Å². The monoisotopic (exact) mass is 584 g/mol. The molecule has 9 atom stereocenters. The van der Waals surface area contributed by atoms with Gasteiger partial charge >= 0.3 is 6.03 Å². The maximum atomic E-state index is 13.5. The van der Waals surface area contributed by atoms with Gasteiger partial charge in [0.1, 0.15) is 5.82 Å². The molecule has 7 rings (SSSR count). The quantitative estimate of drug-likeness (QED) is 0.333. The Morgan fingerprint density at radius 3 is 2.49 bits per heavy atom. The van der Waals surface area contributed by atoms with E-state index in [2.05, 4.69) is 85.1 Å². The fraction of sp³-hybridized carbons (Fsp3) is 0.722. The molecule has 2 aromatic heterocycles. The third-order valence-corrected chi connectivity index (χ3v) is 14.5. The van der Waals surface area contributed by atoms with Gasteiger partial charge in [0.2, 0.25) is 0 Å². The fourth-order valence-corrected chi connectivity index (χ4v) is 12.6. The number of carbonyl (C=O) groups excluding carboxylic acids is 1. The van der Waals surface area contributed by atoms with Crippen molar-refractivity contribution < 1.29 is 4.79 Å². The molecule has 7 nitrogen and oxygen atoms in total. The number of aromatic amines is 1. The molecule has 4 fully saturated rings. The molecular formula is C36H52N6O. The van der Waals surface area contributed by atoms with Crippen LogP contribution in [0.3, 0.4) is 0 Å². The summed E-state index contributed by atoms with van der Waals surface area (Å²) in [6.45, 7) is 20.0. The van der Waals surface area contributed by atoms with Crippen LogP contribution in [-0.2, 0) is 18.4 Å². The minimum Gasteiger partial charge on any atom is -0.332 e. The Balaban J connectivity index is 1.20. The average molecular weight is 585 g/mol. The topological polar surface area (TPSA) is 95.6 Å². The first-order chi connectivity index (χ1) is 20.4. The highest BCUT2D eigenvalue weighted by atomic mass is 16.2. The second-order valence-corrected chi connectivity index (χ2v) is 16.5. The SMILES string of the molecule is C=C(C)[C@@H]1CC[C@]2(NC(=O)NCc3ncccn3)CC[C@]3(C)[C@H](CC[C@@H]4[C@@]5(C)Cc6cn[nH]c6C(C)(C)[C@@H]5CC[C@]43C)[C@@H]12. The number of nitrogens with zero attached hydrogens (tertiary/aromatic N) is 3. The van der Waals surface area contributed by atoms with Gasteiger partial charge < -0.3 is 10.6 Å². The van der Waals surface area contributed by atoms with Gasteiger partial charge in [0, 0.05) is 29.0 Å². The van der Waals surface area contributed by atoms with Crippen molar-refractivity contribution in [1.29, 1.82) is 0 Å². The van der Waals surface area contributed by atoms with Crippen LogP contribution in [0.4, 0.5) is 4.79 Å². The number of carbonyl (C=O) groups is 1. The predicted molar refractivity (Wildman–Crippen MR) is 169 cm³/mol. The fourth-order valence-electron chi connectivity index (χ4n) is 12.6. The molecule has 5 aliphatic rings. The molecular weight excluding hydrogens is 532 g/mol. The summed E-state index contributed by atoms with van der Waals surface area (Å²) in [7, 11) is 0. The van der Waals surface area contributed by atoms with E-state index in [1.807, 2.05) is 0 Å². The molecule has 4 saturated carbocycles. The maximum Gasteiger partial charge on any atom is 0.315 e. The van der Waals surface area contributed by atoms with Crippen LogP contribution in [0.2, 0.25) is 0 Å². The second-order valence-electron chi connectivity index (χ2n) is 16.5. The first kappa shape index (κ1) is 29.0. The van der Waals surface area contributed by atoms with E-state index in [9.17, 15) is 4.79 Å². The molecule has 2 heterocycles. The molecule has 7 heteroatoms. The molecule has 3 N–H and O–H groups in total. The number of urea groups is 1. The first-order valence-electron chi connectivity index (χ1n) is 16.9. The molecule has 0 bridgehead atoms. The van der Waals surface area contributed by atoms with Crippen LogP contribution in [0.15, 0.2) is 36.8 Å². The summed E-state index contributed by atoms with van der Waals surface area (Å²) in [5, 5.41) is 14.6. The van der Waals surface area contributed by atoms with Crippen molar-refractivity contribution in [1.82, 2.24) is 30.8 Å². The lowest BCUT2D eigenvalue weighted by atomic mass is 9.33. The summed E-state index contributed by atoms with van der Waals surface area (Å²) in [6, 6.07) is 1.71. The van der Waals surface area contributed by atoms with E-state index < -0.39 is 0 Å². The van der Waals surface area contributed by atoms with Gasteiger partial charge in [-0.1, -0.05) is 46.8 Å². The first-order valence-corrected chi connectivity index (χ1v) is 16.9. The molecule has 0 saturated heterocycles. The number of amides is 2. The largest absolute Gasteiger partial charge is 0.332 e. The Bertz CT molecular complexity index is 1420. The van der Waals surface area contributed by atoms with E-state index in [-0.39, 0.29) is 33.2 Å². The lowest BCUT2D eigenvalue weighted by molar-refractivity contribution is -0.218. The zero-order valence-corrected chi connectivity index (χ0v) is 27.2. The Hall–Kier alpha value is -2.70. The predicted octanol–water partition coefficient (Wildman–Crippen LogP) is 7.12. The minimum atomic E-state index is -0.182. The summed E-state index contributed by atoms with van der Waals surface area (Å²) >= 11 is 0. The Morgan fingerprint density at radius 1 is 0.977 bits per heavy atom. The number of aromatic nitrogens is 4. The van der Waals surface area contributed by atoms with Crippen LogP contribution < -0.4 is 10.6 Å². The highest BCUT2D eigenvalue weighted by molar-refractivity contribution is 5.75. The maximum absolute atomic E-state index is 13.5. The third kappa shape index (κ3) is 3.97. The normalized spacial score (nSPS) is 42.4. The zero-order chi connectivity index (χ0) is 30.4. The van der Waals surface area contributed by atoms with Gasteiger partial charge in [-0.2, -0.15) is 5.10 Å². The lowest BCUT2D eigenvalue weighted by Crippen LogP contribution is -2.69. The summed E-state index contributed by atoms with van der Waals surface area (Å²) < 4.78 is 0. The molecule has 5 aliphatic carbocycles. The lowest BCUT2D eigenvalue weighted by Gasteiger charge is -2.72. The Kier molecular flexibility index (Phi) is 6.51. The van der Waals surface area contributed by atoms with Gasteiger partial charge in [-0.3, -0.25) is 5.10 Å². The number of hydrogen-bond acceptors (Lipinski definition) is 4. The van der Waals surface area contributed by atoms with E-state index >= 15 is 0 Å². The molecule has 0 aromatic carbocycles. The standard InChI is InChI=1S/C36H52N6O/c1-22(2)24-11-14-36(41-31(43)39-21-28-37-17-8-18-38-28)16-15-34(6)25(29(24)36)9-10-27-33(5)19-23-20-40-42-30(23)32(3,4)26(33)12-13-35(27,34)7/h8,17-18,20,24-27,29H,1,9-16,19,21H2,2-7H3,(H,40,42)(H2,39,41,43)/t24-,25+,26-,27+,29+,33-,34+,35+,36-/m0/s1. The molecule has 43 heavy (non-hydrogen) atoms. The van der Waals surface area contributed by atoms with Crippen molar-refractivity contribution in [2.24, 2.45) is 45.8 Å². The summed E-state index contributed by atoms with van der Waals surface area (Å²) in [6.07, 6.45) is 16.2. The highest BCUT2D eigenvalue weighted by Crippen LogP contribution is 2.76. The van der Waals surface area contributed by atoms with E-state index in [1.165, 1.54) is 48.9 Å². The van der Waals surface area contributed by atoms with Gasteiger partial charge in [-0.05, 0) is 122 Å². The number of rotatable bonds is 4.